The van der Waals surface area contributed by atoms with Crippen molar-refractivity contribution in [3.8, 4) is 0 Å². The molecule has 0 radical (unpaired) electrons. The van der Waals surface area contributed by atoms with Crippen LogP contribution in [0.1, 0.15) is 56.7 Å². The number of nitrogens with one attached hydrogen (secondary N) is 1. The minimum absolute atomic E-state index is 0.0150. The summed E-state index contributed by atoms with van der Waals surface area (Å²) in [7, 11) is 0. The first-order valence-corrected chi connectivity index (χ1v) is 5.34. The van der Waals surface area contributed by atoms with E-state index < -0.39 is 0 Å². The Bertz CT molecular complexity index is 301. The van der Waals surface area contributed by atoms with Crippen molar-refractivity contribution in [1.82, 2.24) is 15.2 Å². The lowest BCUT2D eigenvalue weighted by Gasteiger charge is -2.09. The second-order valence-corrected chi connectivity index (χ2v) is 4.59. The molecule has 4 nitrogen and oxygen atoms in total. The topological polar surface area (TPSA) is 67.6 Å². The van der Waals surface area contributed by atoms with Gasteiger partial charge in [0, 0.05) is 5.92 Å². The summed E-state index contributed by atoms with van der Waals surface area (Å²) in [6.45, 7) is 4.32. The zero-order chi connectivity index (χ0) is 10.1. The lowest BCUT2D eigenvalue weighted by molar-refractivity contribution is 0.494. The number of nitrogens with zero attached hydrogens (tertiary/aromatic N) is 2. The second-order valence-electron chi connectivity index (χ2n) is 4.59. The number of aromatic amines is 1. The third-order valence-electron chi connectivity index (χ3n) is 2.54. The van der Waals surface area contributed by atoms with Gasteiger partial charge in [-0.05, 0) is 25.2 Å². The van der Waals surface area contributed by atoms with Crippen LogP contribution in [-0.4, -0.2) is 15.2 Å². The van der Waals surface area contributed by atoms with Crippen LogP contribution in [0.3, 0.4) is 0 Å². The minimum Gasteiger partial charge on any atom is -0.321 e. The summed E-state index contributed by atoms with van der Waals surface area (Å²) >= 11 is 0. The van der Waals surface area contributed by atoms with E-state index in [1.165, 1.54) is 12.8 Å². The SMILES string of the molecule is CC(C)C[C@@H](N)c1n[nH]c(C2CC2)n1. The molecule has 0 bridgehead atoms. The standard InChI is InChI=1S/C10H18N4/c1-6(2)5-8(11)10-12-9(13-14-10)7-3-4-7/h6-8H,3-5,11H2,1-2H3,(H,12,13,14)/t8-/m1/s1. The first-order valence-electron chi connectivity index (χ1n) is 5.34. The smallest absolute Gasteiger partial charge is 0.167 e. The molecule has 14 heavy (non-hydrogen) atoms. The van der Waals surface area contributed by atoms with E-state index in [0.29, 0.717) is 11.8 Å². The molecule has 0 amide bonds. The number of nitrogens with two attached hydrogens (primary N) is 1. The summed E-state index contributed by atoms with van der Waals surface area (Å²) in [4.78, 5) is 4.43. The minimum atomic E-state index is -0.0150. The highest BCUT2D eigenvalue weighted by Gasteiger charge is 2.27. The van der Waals surface area contributed by atoms with Gasteiger partial charge < -0.3 is 5.73 Å². The van der Waals surface area contributed by atoms with E-state index in [1.807, 2.05) is 0 Å². The van der Waals surface area contributed by atoms with Crippen LogP contribution < -0.4 is 5.73 Å². The molecule has 1 aromatic heterocycles. The van der Waals surface area contributed by atoms with Crippen molar-refractivity contribution in [2.24, 2.45) is 11.7 Å². The lowest BCUT2D eigenvalue weighted by atomic mass is 10.0. The first kappa shape index (κ1) is 9.65. The van der Waals surface area contributed by atoms with Crippen molar-refractivity contribution in [3.05, 3.63) is 11.6 Å². The molecule has 78 valence electrons. The summed E-state index contributed by atoms with van der Waals surface area (Å²) in [6.07, 6.45) is 3.43. The summed E-state index contributed by atoms with van der Waals surface area (Å²) in [5.74, 6) is 3.02. The van der Waals surface area contributed by atoms with E-state index in [-0.39, 0.29) is 6.04 Å². The van der Waals surface area contributed by atoms with Gasteiger partial charge in [0.15, 0.2) is 5.82 Å². The third-order valence-corrected chi connectivity index (χ3v) is 2.54. The molecule has 0 aliphatic heterocycles. The molecule has 1 aliphatic rings. The quantitative estimate of drug-likeness (QED) is 0.767. The highest BCUT2D eigenvalue weighted by atomic mass is 15.2. The Labute approximate surface area is 84.3 Å². The van der Waals surface area contributed by atoms with Gasteiger partial charge in [0.05, 0.1) is 6.04 Å². The average molecular weight is 194 g/mol. The Morgan fingerprint density at radius 1 is 1.50 bits per heavy atom. The number of hydrogen-bond donors (Lipinski definition) is 2. The fraction of sp³-hybridized carbons (Fsp3) is 0.800. The molecule has 1 fully saturated rings. The van der Waals surface area contributed by atoms with Crippen LogP contribution in [0.5, 0.6) is 0 Å². The molecule has 0 spiro atoms. The Balaban J connectivity index is 2.00. The number of H-pyrrole nitrogens is 1. The molecule has 1 aromatic rings. The van der Waals surface area contributed by atoms with E-state index >= 15 is 0 Å². The van der Waals surface area contributed by atoms with Crippen molar-refractivity contribution >= 4 is 0 Å². The molecule has 0 unspecified atom stereocenters. The van der Waals surface area contributed by atoms with Crippen molar-refractivity contribution in [3.63, 3.8) is 0 Å². The lowest BCUT2D eigenvalue weighted by Crippen LogP contribution is -2.14. The molecule has 3 N–H and O–H groups in total. The van der Waals surface area contributed by atoms with Gasteiger partial charge in [0.2, 0.25) is 0 Å². The molecular formula is C10H18N4. The van der Waals surface area contributed by atoms with E-state index in [2.05, 4.69) is 29.0 Å². The fourth-order valence-electron chi connectivity index (χ4n) is 1.61. The largest absolute Gasteiger partial charge is 0.321 e. The molecule has 4 heteroatoms. The summed E-state index contributed by atoms with van der Waals surface area (Å²) in [5, 5.41) is 7.15. The fourth-order valence-corrected chi connectivity index (χ4v) is 1.61. The number of rotatable bonds is 4. The van der Waals surface area contributed by atoms with Gasteiger partial charge in [-0.3, -0.25) is 5.10 Å². The first-order chi connectivity index (χ1) is 6.66. The van der Waals surface area contributed by atoms with Crippen molar-refractivity contribution < 1.29 is 0 Å². The van der Waals surface area contributed by atoms with E-state index in [0.717, 1.165) is 18.1 Å². The number of hydrogen-bond acceptors (Lipinski definition) is 3. The van der Waals surface area contributed by atoms with Crippen molar-refractivity contribution in [2.45, 2.75) is 45.1 Å². The van der Waals surface area contributed by atoms with Crippen molar-refractivity contribution in [1.29, 1.82) is 0 Å². The van der Waals surface area contributed by atoms with Crippen LogP contribution in [0.25, 0.3) is 0 Å². The molecular weight excluding hydrogens is 176 g/mol. The summed E-state index contributed by atoms with van der Waals surface area (Å²) in [6, 6.07) is -0.0150. The van der Waals surface area contributed by atoms with E-state index in [4.69, 9.17) is 5.73 Å². The molecule has 1 heterocycles. The Morgan fingerprint density at radius 3 is 2.79 bits per heavy atom. The average Bonchev–Trinajstić information content (AvgIpc) is 2.82. The zero-order valence-electron chi connectivity index (χ0n) is 8.83. The van der Waals surface area contributed by atoms with E-state index in [9.17, 15) is 0 Å². The predicted octanol–water partition coefficient (Wildman–Crippen LogP) is 1.73. The van der Waals surface area contributed by atoms with Crippen LogP contribution in [-0.2, 0) is 0 Å². The second kappa shape index (κ2) is 3.69. The van der Waals surface area contributed by atoms with Gasteiger partial charge in [-0.1, -0.05) is 13.8 Å². The number of aromatic nitrogens is 3. The normalized spacial score (nSPS) is 18.9. The van der Waals surface area contributed by atoms with Gasteiger partial charge in [-0.15, -0.1) is 0 Å². The van der Waals surface area contributed by atoms with Crippen LogP contribution in [0.4, 0.5) is 0 Å². The molecule has 1 saturated carbocycles. The van der Waals surface area contributed by atoms with Crippen LogP contribution in [0, 0.1) is 5.92 Å². The zero-order valence-corrected chi connectivity index (χ0v) is 8.83. The maximum Gasteiger partial charge on any atom is 0.167 e. The van der Waals surface area contributed by atoms with Crippen molar-refractivity contribution in [2.75, 3.05) is 0 Å². The maximum atomic E-state index is 5.98. The van der Waals surface area contributed by atoms with Gasteiger partial charge in [-0.2, -0.15) is 5.10 Å². The third kappa shape index (κ3) is 2.12. The summed E-state index contributed by atoms with van der Waals surface area (Å²) < 4.78 is 0. The predicted molar refractivity (Wildman–Crippen MR) is 54.7 cm³/mol. The molecule has 2 rings (SSSR count). The Morgan fingerprint density at radius 2 is 2.21 bits per heavy atom. The highest BCUT2D eigenvalue weighted by molar-refractivity contribution is 5.06. The van der Waals surface area contributed by atoms with Crippen LogP contribution in [0.2, 0.25) is 0 Å². The van der Waals surface area contributed by atoms with Crippen LogP contribution >= 0.6 is 0 Å². The molecule has 0 saturated heterocycles. The Kier molecular flexibility index (Phi) is 2.54. The van der Waals surface area contributed by atoms with Gasteiger partial charge in [-0.25, -0.2) is 4.98 Å². The molecule has 1 aliphatic carbocycles. The Hall–Kier alpha value is -0.900. The highest BCUT2D eigenvalue weighted by Crippen LogP contribution is 2.38. The molecule has 0 aromatic carbocycles. The summed E-state index contributed by atoms with van der Waals surface area (Å²) in [5.41, 5.74) is 5.98. The monoisotopic (exact) mass is 194 g/mol. The van der Waals surface area contributed by atoms with Gasteiger partial charge in [0.25, 0.3) is 0 Å². The maximum absolute atomic E-state index is 5.98. The van der Waals surface area contributed by atoms with Crippen LogP contribution in [0.15, 0.2) is 0 Å². The molecule has 1 atom stereocenters. The van der Waals surface area contributed by atoms with E-state index in [1.54, 1.807) is 0 Å². The van der Waals surface area contributed by atoms with Gasteiger partial charge in [0.1, 0.15) is 5.82 Å². The van der Waals surface area contributed by atoms with Gasteiger partial charge >= 0.3 is 0 Å².